The van der Waals surface area contributed by atoms with Crippen molar-refractivity contribution < 1.29 is 4.43 Å². The molecular formula is C18H31NOSi. The summed E-state index contributed by atoms with van der Waals surface area (Å²) in [5, 5.41) is 0.301. The van der Waals surface area contributed by atoms with Crippen LogP contribution >= 0.6 is 0 Å². The molecule has 3 heteroatoms. The smallest absolute Gasteiger partial charge is 0.192 e. The zero-order valence-corrected chi connectivity index (χ0v) is 15.4. The Labute approximate surface area is 131 Å². The number of likely N-dealkylation sites (tertiary alicyclic amines) is 1. The van der Waals surface area contributed by atoms with E-state index in [4.69, 9.17) is 4.43 Å². The summed E-state index contributed by atoms with van der Waals surface area (Å²) >= 11 is 0. The molecule has 1 fully saturated rings. The van der Waals surface area contributed by atoms with Crippen LogP contribution in [0.2, 0.25) is 18.1 Å². The van der Waals surface area contributed by atoms with Crippen LogP contribution in [0.25, 0.3) is 0 Å². The van der Waals surface area contributed by atoms with E-state index in [1.54, 1.807) is 0 Å². The van der Waals surface area contributed by atoms with Gasteiger partial charge in [-0.05, 0) is 43.1 Å². The van der Waals surface area contributed by atoms with E-state index in [-0.39, 0.29) is 0 Å². The first kappa shape index (κ1) is 16.7. The Balaban J connectivity index is 1.91. The van der Waals surface area contributed by atoms with Gasteiger partial charge in [-0.1, -0.05) is 51.1 Å². The Hall–Kier alpha value is -0.643. The average Bonchev–Trinajstić information content (AvgIpc) is 2.84. The molecule has 0 amide bonds. The maximum absolute atomic E-state index is 6.44. The van der Waals surface area contributed by atoms with Gasteiger partial charge >= 0.3 is 0 Å². The van der Waals surface area contributed by atoms with Gasteiger partial charge in [-0.2, -0.15) is 0 Å². The first-order chi connectivity index (χ1) is 9.79. The molecule has 1 saturated heterocycles. The Morgan fingerprint density at radius 3 is 2.48 bits per heavy atom. The van der Waals surface area contributed by atoms with Gasteiger partial charge in [-0.25, -0.2) is 0 Å². The van der Waals surface area contributed by atoms with Crippen molar-refractivity contribution in [3.05, 3.63) is 35.9 Å². The summed E-state index contributed by atoms with van der Waals surface area (Å²) in [6.45, 7) is 14.8. The van der Waals surface area contributed by atoms with Crippen molar-refractivity contribution >= 4 is 8.32 Å². The predicted octanol–water partition coefficient (Wildman–Crippen LogP) is 4.67. The molecule has 0 bridgehead atoms. The van der Waals surface area contributed by atoms with Crippen molar-refractivity contribution in [1.82, 2.24) is 4.90 Å². The van der Waals surface area contributed by atoms with Crippen molar-refractivity contribution in [3.63, 3.8) is 0 Å². The zero-order valence-electron chi connectivity index (χ0n) is 14.4. The van der Waals surface area contributed by atoms with E-state index in [0.717, 1.165) is 13.2 Å². The standard InChI is InChI=1S/C18H31NOSi/c1-18(2,3)21(4,5)20-15-17-12-9-13-19(17)14-16-10-7-6-8-11-16/h6-8,10-11,17H,9,12-15H2,1-5H3/t17-/m0/s1. The lowest BCUT2D eigenvalue weighted by Gasteiger charge is -2.38. The first-order valence-electron chi connectivity index (χ1n) is 8.21. The van der Waals surface area contributed by atoms with Crippen LogP contribution < -0.4 is 0 Å². The van der Waals surface area contributed by atoms with Crippen LogP contribution in [0.3, 0.4) is 0 Å². The molecule has 0 N–H and O–H groups in total. The molecule has 0 saturated carbocycles. The molecule has 1 aromatic rings. The quantitative estimate of drug-likeness (QED) is 0.733. The van der Waals surface area contributed by atoms with Gasteiger partial charge in [0.2, 0.25) is 0 Å². The Morgan fingerprint density at radius 2 is 1.86 bits per heavy atom. The molecule has 1 aromatic carbocycles. The van der Waals surface area contributed by atoms with Crippen LogP contribution in [0, 0.1) is 0 Å². The summed E-state index contributed by atoms with van der Waals surface area (Å²) in [6.07, 6.45) is 2.58. The first-order valence-corrected chi connectivity index (χ1v) is 11.1. The monoisotopic (exact) mass is 305 g/mol. The van der Waals surface area contributed by atoms with Gasteiger partial charge in [0, 0.05) is 19.2 Å². The minimum Gasteiger partial charge on any atom is -0.415 e. The summed E-state index contributed by atoms with van der Waals surface area (Å²) in [5.74, 6) is 0. The van der Waals surface area contributed by atoms with Gasteiger partial charge in [0.1, 0.15) is 0 Å². The summed E-state index contributed by atoms with van der Waals surface area (Å²) < 4.78 is 6.44. The lowest BCUT2D eigenvalue weighted by molar-refractivity contribution is 0.157. The van der Waals surface area contributed by atoms with Crippen molar-refractivity contribution in [2.45, 2.75) is 64.3 Å². The second-order valence-electron chi connectivity index (χ2n) is 7.82. The molecule has 0 radical (unpaired) electrons. The molecule has 118 valence electrons. The van der Waals surface area contributed by atoms with Crippen LogP contribution in [0.4, 0.5) is 0 Å². The highest BCUT2D eigenvalue weighted by atomic mass is 28.4. The molecule has 2 rings (SSSR count). The Kier molecular flexibility index (Phi) is 5.28. The average molecular weight is 306 g/mol. The highest BCUT2D eigenvalue weighted by Crippen LogP contribution is 2.37. The zero-order chi connectivity index (χ0) is 15.5. The molecule has 0 aromatic heterocycles. The van der Waals surface area contributed by atoms with Gasteiger partial charge in [0.15, 0.2) is 8.32 Å². The molecule has 0 unspecified atom stereocenters. The number of nitrogens with zero attached hydrogens (tertiary/aromatic N) is 1. The summed E-state index contributed by atoms with van der Waals surface area (Å²) in [6, 6.07) is 11.4. The third kappa shape index (κ3) is 4.41. The molecule has 1 aliphatic heterocycles. The normalized spacial score (nSPS) is 20.9. The summed E-state index contributed by atoms with van der Waals surface area (Å²) in [4.78, 5) is 2.60. The number of hydrogen-bond acceptors (Lipinski definition) is 2. The van der Waals surface area contributed by atoms with Crippen molar-refractivity contribution in [2.75, 3.05) is 13.2 Å². The van der Waals surface area contributed by atoms with Gasteiger partial charge in [-0.15, -0.1) is 0 Å². The van der Waals surface area contributed by atoms with Gasteiger partial charge in [0.25, 0.3) is 0 Å². The molecule has 2 nitrogen and oxygen atoms in total. The Bertz CT molecular complexity index is 438. The maximum Gasteiger partial charge on any atom is 0.192 e. The number of benzene rings is 1. The van der Waals surface area contributed by atoms with Crippen molar-refractivity contribution in [2.24, 2.45) is 0 Å². The van der Waals surface area contributed by atoms with Gasteiger partial charge in [-0.3, -0.25) is 4.90 Å². The van der Waals surface area contributed by atoms with E-state index in [2.05, 4.69) is 69.1 Å². The molecule has 0 aliphatic carbocycles. The predicted molar refractivity (Wildman–Crippen MR) is 93.0 cm³/mol. The van der Waals surface area contributed by atoms with E-state index < -0.39 is 8.32 Å². The molecular weight excluding hydrogens is 274 g/mol. The highest BCUT2D eigenvalue weighted by Gasteiger charge is 2.38. The van der Waals surface area contributed by atoms with Crippen molar-refractivity contribution in [1.29, 1.82) is 0 Å². The van der Waals surface area contributed by atoms with Crippen LogP contribution in [-0.2, 0) is 11.0 Å². The number of rotatable bonds is 5. The SMILES string of the molecule is CC(C)(C)[Si](C)(C)OC[C@@H]1CCCN1Cc1ccccc1. The van der Waals surface area contributed by atoms with Crippen LogP contribution in [0.1, 0.15) is 39.2 Å². The third-order valence-corrected chi connectivity index (χ3v) is 9.67. The minimum absolute atomic E-state index is 0.301. The fourth-order valence-corrected chi connectivity index (χ4v) is 3.67. The van der Waals surface area contributed by atoms with Gasteiger partial charge in [0.05, 0.1) is 0 Å². The molecule has 21 heavy (non-hydrogen) atoms. The van der Waals surface area contributed by atoms with E-state index in [1.807, 2.05) is 0 Å². The molecule has 0 spiro atoms. The van der Waals surface area contributed by atoms with Crippen molar-refractivity contribution in [3.8, 4) is 0 Å². The van der Waals surface area contributed by atoms with Crippen LogP contribution in [-0.4, -0.2) is 32.4 Å². The fourth-order valence-electron chi connectivity index (χ4n) is 2.63. The third-order valence-electron chi connectivity index (χ3n) is 5.17. The summed E-state index contributed by atoms with van der Waals surface area (Å²) in [5.41, 5.74) is 1.41. The number of hydrogen-bond donors (Lipinski definition) is 0. The highest BCUT2D eigenvalue weighted by molar-refractivity contribution is 6.74. The van der Waals surface area contributed by atoms with Crippen LogP contribution in [0.5, 0.6) is 0 Å². The summed E-state index contributed by atoms with van der Waals surface area (Å²) in [7, 11) is -1.62. The molecule has 1 atom stereocenters. The lowest BCUT2D eigenvalue weighted by atomic mass is 10.2. The minimum atomic E-state index is -1.62. The van der Waals surface area contributed by atoms with E-state index in [1.165, 1.54) is 24.9 Å². The second-order valence-corrected chi connectivity index (χ2v) is 12.6. The topological polar surface area (TPSA) is 12.5 Å². The largest absolute Gasteiger partial charge is 0.415 e. The van der Waals surface area contributed by atoms with E-state index >= 15 is 0 Å². The lowest BCUT2D eigenvalue weighted by Crippen LogP contribution is -2.44. The maximum atomic E-state index is 6.44. The second kappa shape index (κ2) is 6.63. The Morgan fingerprint density at radius 1 is 1.19 bits per heavy atom. The molecule has 1 heterocycles. The van der Waals surface area contributed by atoms with Gasteiger partial charge < -0.3 is 4.43 Å². The molecule has 1 aliphatic rings. The van der Waals surface area contributed by atoms with E-state index in [0.29, 0.717) is 11.1 Å². The van der Waals surface area contributed by atoms with E-state index in [9.17, 15) is 0 Å². The fraction of sp³-hybridized carbons (Fsp3) is 0.667. The van der Waals surface area contributed by atoms with Crippen LogP contribution in [0.15, 0.2) is 30.3 Å².